The van der Waals surface area contributed by atoms with Gasteiger partial charge in [-0.2, -0.15) is 13.2 Å². The van der Waals surface area contributed by atoms with Crippen LogP contribution < -0.4 is 0 Å². The van der Waals surface area contributed by atoms with Crippen LogP contribution in [0.2, 0.25) is 0 Å². The summed E-state index contributed by atoms with van der Waals surface area (Å²) in [5.74, 6) is 0. The predicted octanol–water partition coefficient (Wildman–Crippen LogP) is 3.91. The van der Waals surface area contributed by atoms with E-state index in [4.69, 9.17) is 0 Å². The number of hydrogen-bond donors (Lipinski definition) is 1. The Morgan fingerprint density at radius 3 is 2.40 bits per heavy atom. The van der Waals surface area contributed by atoms with Gasteiger partial charge in [-0.1, -0.05) is 28.9 Å². The average molecular weight is 283 g/mol. The summed E-state index contributed by atoms with van der Waals surface area (Å²) in [6.07, 6.45) is -4.62. The number of alkyl halides is 3. The van der Waals surface area contributed by atoms with Crippen LogP contribution in [0.5, 0.6) is 0 Å². The van der Waals surface area contributed by atoms with Gasteiger partial charge in [0.2, 0.25) is 0 Å². The summed E-state index contributed by atoms with van der Waals surface area (Å²) >= 11 is 3.02. The summed E-state index contributed by atoms with van der Waals surface area (Å²) in [6, 6.07) is 3.24. The van der Waals surface area contributed by atoms with Gasteiger partial charge in [0.15, 0.2) is 0 Å². The van der Waals surface area contributed by atoms with E-state index in [-0.39, 0.29) is 4.47 Å². The van der Waals surface area contributed by atoms with Crippen LogP contribution in [0.1, 0.15) is 30.6 Å². The monoisotopic (exact) mass is 282 g/mol. The first-order valence-corrected chi connectivity index (χ1v) is 5.20. The average Bonchev–Trinajstić information content (AvgIpc) is 2.15. The fourth-order valence-electron chi connectivity index (χ4n) is 1.19. The SMILES string of the molecule is CCC(O)c1ccc(C(F)(F)F)cc1Br. The van der Waals surface area contributed by atoms with E-state index < -0.39 is 17.8 Å². The summed E-state index contributed by atoms with van der Waals surface area (Å²) in [5.41, 5.74) is -0.244. The molecule has 1 unspecified atom stereocenters. The molecular formula is C10H10BrF3O. The smallest absolute Gasteiger partial charge is 0.388 e. The van der Waals surface area contributed by atoms with Gasteiger partial charge in [-0.05, 0) is 24.1 Å². The van der Waals surface area contributed by atoms with Gasteiger partial charge in [-0.25, -0.2) is 0 Å². The van der Waals surface area contributed by atoms with Crippen molar-refractivity contribution < 1.29 is 18.3 Å². The molecule has 0 aliphatic heterocycles. The number of rotatable bonds is 2. The molecule has 0 aliphatic carbocycles. The van der Waals surface area contributed by atoms with Crippen LogP contribution in [0.15, 0.2) is 22.7 Å². The number of hydrogen-bond acceptors (Lipinski definition) is 1. The van der Waals surface area contributed by atoms with E-state index in [0.29, 0.717) is 12.0 Å². The van der Waals surface area contributed by atoms with Gasteiger partial charge in [0.05, 0.1) is 11.7 Å². The van der Waals surface area contributed by atoms with E-state index >= 15 is 0 Å². The third-order valence-electron chi connectivity index (χ3n) is 2.07. The quantitative estimate of drug-likeness (QED) is 0.872. The van der Waals surface area contributed by atoms with Crippen LogP contribution in [0.4, 0.5) is 13.2 Å². The van der Waals surface area contributed by atoms with Gasteiger partial charge < -0.3 is 5.11 Å². The van der Waals surface area contributed by atoms with Gasteiger partial charge in [-0.3, -0.25) is 0 Å². The lowest BCUT2D eigenvalue weighted by Crippen LogP contribution is -2.06. The first-order valence-electron chi connectivity index (χ1n) is 4.41. The Morgan fingerprint density at radius 1 is 1.40 bits per heavy atom. The van der Waals surface area contributed by atoms with E-state index in [9.17, 15) is 18.3 Å². The topological polar surface area (TPSA) is 20.2 Å². The molecule has 0 spiro atoms. The Hall–Kier alpha value is -0.550. The second kappa shape index (κ2) is 4.53. The van der Waals surface area contributed by atoms with Crippen molar-refractivity contribution >= 4 is 15.9 Å². The van der Waals surface area contributed by atoms with E-state index in [1.807, 2.05) is 0 Å². The molecule has 1 N–H and O–H groups in total. The van der Waals surface area contributed by atoms with Crippen molar-refractivity contribution in [2.75, 3.05) is 0 Å². The third kappa shape index (κ3) is 2.95. The molecule has 0 radical (unpaired) electrons. The second-order valence-electron chi connectivity index (χ2n) is 3.16. The van der Waals surface area contributed by atoms with Crippen LogP contribution in [0, 0.1) is 0 Å². The van der Waals surface area contributed by atoms with Crippen molar-refractivity contribution in [2.45, 2.75) is 25.6 Å². The summed E-state index contributed by atoms with van der Waals surface area (Å²) in [6.45, 7) is 1.76. The number of aliphatic hydroxyl groups excluding tert-OH is 1. The van der Waals surface area contributed by atoms with Crippen molar-refractivity contribution in [3.05, 3.63) is 33.8 Å². The fraction of sp³-hybridized carbons (Fsp3) is 0.400. The maximum atomic E-state index is 12.3. The Bertz CT molecular complexity index is 349. The zero-order valence-electron chi connectivity index (χ0n) is 7.98. The lowest BCUT2D eigenvalue weighted by molar-refractivity contribution is -0.137. The maximum Gasteiger partial charge on any atom is 0.416 e. The van der Waals surface area contributed by atoms with Crippen molar-refractivity contribution in [3.8, 4) is 0 Å². The Labute approximate surface area is 94.0 Å². The Kier molecular flexibility index (Phi) is 3.78. The highest BCUT2D eigenvalue weighted by Gasteiger charge is 2.31. The highest BCUT2D eigenvalue weighted by atomic mass is 79.9. The number of halogens is 4. The summed E-state index contributed by atoms with van der Waals surface area (Å²) < 4.78 is 37.2. The molecule has 0 heterocycles. The molecule has 0 bridgehead atoms. The molecule has 84 valence electrons. The number of aliphatic hydroxyl groups is 1. The minimum atomic E-state index is -4.35. The molecule has 15 heavy (non-hydrogen) atoms. The summed E-state index contributed by atoms with van der Waals surface area (Å²) in [7, 11) is 0. The van der Waals surface area contributed by atoms with Crippen LogP contribution in [-0.4, -0.2) is 5.11 Å². The molecule has 0 aliphatic rings. The summed E-state index contributed by atoms with van der Waals surface area (Å²) in [5, 5.41) is 9.49. The molecule has 1 aromatic rings. The largest absolute Gasteiger partial charge is 0.416 e. The van der Waals surface area contributed by atoms with Gasteiger partial charge in [0.25, 0.3) is 0 Å². The third-order valence-corrected chi connectivity index (χ3v) is 2.76. The van der Waals surface area contributed by atoms with Crippen LogP contribution in [0.25, 0.3) is 0 Å². The highest BCUT2D eigenvalue weighted by Crippen LogP contribution is 2.34. The molecule has 5 heteroatoms. The summed E-state index contributed by atoms with van der Waals surface area (Å²) in [4.78, 5) is 0. The van der Waals surface area contributed by atoms with Crippen molar-refractivity contribution in [2.24, 2.45) is 0 Å². The Morgan fingerprint density at radius 2 is 2.00 bits per heavy atom. The van der Waals surface area contributed by atoms with Gasteiger partial charge in [-0.15, -0.1) is 0 Å². The van der Waals surface area contributed by atoms with E-state index in [2.05, 4.69) is 15.9 Å². The molecule has 0 amide bonds. The predicted molar refractivity (Wildman–Crippen MR) is 54.4 cm³/mol. The minimum absolute atomic E-state index is 0.284. The standard InChI is InChI=1S/C10H10BrF3O/c1-2-9(15)7-4-3-6(5-8(7)11)10(12,13)14/h3-5,9,15H,2H2,1H3. The lowest BCUT2D eigenvalue weighted by Gasteiger charge is -2.13. The van der Waals surface area contributed by atoms with Crippen LogP contribution in [0.3, 0.4) is 0 Å². The molecule has 0 saturated heterocycles. The second-order valence-corrected chi connectivity index (χ2v) is 4.01. The van der Waals surface area contributed by atoms with Crippen molar-refractivity contribution in [1.82, 2.24) is 0 Å². The van der Waals surface area contributed by atoms with E-state index in [1.54, 1.807) is 6.92 Å². The molecule has 1 atom stereocenters. The first kappa shape index (κ1) is 12.5. The molecule has 1 rings (SSSR count). The van der Waals surface area contributed by atoms with Crippen molar-refractivity contribution in [1.29, 1.82) is 0 Å². The minimum Gasteiger partial charge on any atom is -0.388 e. The normalized spacial score (nSPS) is 14.0. The zero-order chi connectivity index (χ0) is 11.6. The molecular weight excluding hydrogens is 273 g/mol. The highest BCUT2D eigenvalue weighted by molar-refractivity contribution is 9.10. The van der Waals surface area contributed by atoms with Crippen LogP contribution >= 0.6 is 15.9 Å². The van der Waals surface area contributed by atoms with Crippen molar-refractivity contribution in [3.63, 3.8) is 0 Å². The van der Waals surface area contributed by atoms with E-state index in [0.717, 1.165) is 12.1 Å². The molecule has 1 nitrogen and oxygen atoms in total. The first-order chi connectivity index (χ1) is 6.86. The van der Waals surface area contributed by atoms with Crippen LogP contribution in [-0.2, 0) is 6.18 Å². The zero-order valence-corrected chi connectivity index (χ0v) is 9.56. The molecule has 0 aromatic heterocycles. The van der Waals surface area contributed by atoms with Gasteiger partial charge >= 0.3 is 6.18 Å². The molecule has 1 aromatic carbocycles. The molecule has 0 saturated carbocycles. The van der Waals surface area contributed by atoms with Gasteiger partial charge in [0, 0.05) is 4.47 Å². The van der Waals surface area contributed by atoms with E-state index in [1.165, 1.54) is 6.07 Å². The Balaban J connectivity index is 3.09. The van der Waals surface area contributed by atoms with Gasteiger partial charge in [0.1, 0.15) is 0 Å². The maximum absolute atomic E-state index is 12.3. The number of benzene rings is 1. The fourth-order valence-corrected chi connectivity index (χ4v) is 1.84. The molecule has 0 fully saturated rings. The lowest BCUT2D eigenvalue weighted by atomic mass is 10.1.